The third-order valence-electron chi connectivity index (χ3n) is 7.27. The first kappa shape index (κ1) is 22.9. The Labute approximate surface area is 203 Å². The molecule has 33 heavy (non-hydrogen) atoms. The number of rotatable bonds is 4. The second-order valence-electron chi connectivity index (χ2n) is 9.28. The average molecular weight is 493 g/mol. The number of benzene rings is 2. The van der Waals surface area contributed by atoms with Crippen LogP contribution in [0.1, 0.15) is 44.2 Å². The summed E-state index contributed by atoms with van der Waals surface area (Å²) in [5, 5.41) is 1.26. The van der Waals surface area contributed by atoms with Crippen molar-refractivity contribution in [3.63, 3.8) is 0 Å². The van der Waals surface area contributed by atoms with Crippen LogP contribution in [0.25, 0.3) is 11.0 Å². The van der Waals surface area contributed by atoms with Crippen molar-refractivity contribution in [3.8, 4) is 0 Å². The molecule has 0 amide bonds. The highest BCUT2D eigenvalue weighted by molar-refractivity contribution is 6.35. The third-order valence-corrected chi connectivity index (χ3v) is 7.83. The zero-order valence-electron chi connectivity index (χ0n) is 18.7. The molecule has 2 fully saturated rings. The summed E-state index contributed by atoms with van der Waals surface area (Å²) in [6.45, 7) is 5.71. The van der Waals surface area contributed by atoms with Gasteiger partial charge in [-0.15, -0.1) is 0 Å². The van der Waals surface area contributed by atoms with Crippen LogP contribution in [0, 0.1) is 0 Å². The fourth-order valence-electron chi connectivity index (χ4n) is 5.25. The van der Waals surface area contributed by atoms with E-state index in [0.717, 1.165) is 48.5 Å². The number of anilines is 1. The molecule has 1 aliphatic carbocycles. The minimum absolute atomic E-state index is 0.0105. The monoisotopic (exact) mass is 492 g/mol. The number of nitrogens with zero attached hydrogens (tertiary/aromatic N) is 4. The van der Waals surface area contributed by atoms with Crippen LogP contribution < -0.4 is 4.90 Å². The topological polar surface area (TPSA) is 24.3 Å². The summed E-state index contributed by atoms with van der Waals surface area (Å²) in [4.78, 5) is 9.37. The number of aromatic nitrogens is 2. The molecule has 0 radical (unpaired) electrons. The Morgan fingerprint density at radius 1 is 1.00 bits per heavy atom. The number of imidazole rings is 1. The van der Waals surface area contributed by atoms with Crippen LogP contribution in [0.5, 0.6) is 0 Å². The lowest BCUT2D eigenvalue weighted by Gasteiger charge is -2.42. The highest BCUT2D eigenvalue weighted by Crippen LogP contribution is 2.36. The van der Waals surface area contributed by atoms with Gasteiger partial charge in [0.2, 0.25) is 5.92 Å². The summed E-state index contributed by atoms with van der Waals surface area (Å²) in [5.74, 6) is -2.47. The van der Waals surface area contributed by atoms with Gasteiger partial charge in [0.25, 0.3) is 0 Å². The van der Waals surface area contributed by atoms with Gasteiger partial charge in [-0.05, 0) is 55.7 Å². The largest absolute Gasteiger partial charge is 0.369 e. The number of fused-ring (bicyclic) bond motifs is 1. The van der Waals surface area contributed by atoms with Crippen molar-refractivity contribution in [3.05, 3.63) is 58.3 Å². The molecule has 5 rings (SSSR count). The maximum absolute atomic E-state index is 13.5. The molecular weight excluding hydrogens is 465 g/mol. The van der Waals surface area contributed by atoms with Crippen LogP contribution >= 0.6 is 23.2 Å². The minimum Gasteiger partial charge on any atom is -0.369 e. The van der Waals surface area contributed by atoms with Gasteiger partial charge in [0.1, 0.15) is 0 Å². The van der Waals surface area contributed by atoms with Crippen molar-refractivity contribution < 1.29 is 8.78 Å². The highest BCUT2D eigenvalue weighted by Gasteiger charge is 2.37. The predicted molar refractivity (Wildman–Crippen MR) is 131 cm³/mol. The zero-order valence-corrected chi connectivity index (χ0v) is 20.2. The molecule has 3 aromatic rings. The summed E-state index contributed by atoms with van der Waals surface area (Å²) in [6.07, 6.45) is 3.11. The van der Waals surface area contributed by atoms with Gasteiger partial charge in [-0.25, -0.2) is 13.8 Å². The maximum atomic E-state index is 13.5. The van der Waals surface area contributed by atoms with Gasteiger partial charge in [-0.2, -0.15) is 0 Å². The molecule has 0 bridgehead atoms. The first-order chi connectivity index (χ1) is 15.8. The Kier molecular flexibility index (Phi) is 6.27. The molecule has 0 spiro atoms. The molecule has 1 atom stereocenters. The predicted octanol–water partition coefficient (Wildman–Crippen LogP) is 6.65. The zero-order chi connectivity index (χ0) is 23.2. The van der Waals surface area contributed by atoms with Gasteiger partial charge < -0.3 is 9.47 Å². The molecular formula is C25H28Cl2F2N4. The lowest BCUT2D eigenvalue weighted by atomic mass is 9.91. The van der Waals surface area contributed by atoms with Crippen LogP contribution in [-0.2, 0) is 0 Å². The second-order valence-corrected chi connectivity index (χ2v) is 10.1. The van der Waals surface area contributed by atoms with Crippen molar-refractivity contribution >= 4 is 39.9 Å². The first-order valence-corrected chi connectivity index (χ1v) is 12.3. The van der Waals surface area contributed by atoms with E-state index < -0.39 is 5.92 Å². The number of hydrogen-bond donors (Lipinski definition) is 0. The van der Waals surface area contributed by atoms with E-state index in [-0.39, 0.29) is 18.9 Å². The molecule has 1 aromatic heterocycles. The van der Waals surface area contributed by atoms with Crippen molar-refractivity contribution in [2.75, 3.05) is 31.1 Å². The average Bonchev–Trinajstić information content (AvgIpc) is 3.22. The van der Waals surface area contributed by atoms with Gasteiger partial charge in [0.05, 0.1) is 23.4 Å². The fraction of sp³-hybridized carbons (Fsp3) is 0.480. The smallest absolute Gasteiger partial charge is 0.248 e. The Morgan fingerprint density at radius 2 is 1.73 bits per heavy atom. The Morgan fingerprint density at radius 3 is 2.42 bits per heavy atom. The van der Waals surface area contributed by atoms with Crippen molar-refractivity contribution in [1.29, 1.82) is 0 Å². The lowest BCUT2D eigenvalue weighted by molar-refractivity contribution is -0.0541. The van der Waals surface area contributed by atoms with Crippen molar-refractivity contribution in [1.82, 2.24) is 14.5 Å². The summed E-state index contributed by atoms with van der Waals surface area (Å²) in [5.41, 5.74) is 4.16. The Balaban J connectivity index is 1.31. The van der Waals surface area contributed by atoms with Crippen LogP contribution in [0.2, 0.25) is 10.0 Å². The van der Waals surface area contributed by atoms with E-state index in [0.29, 0.717) is 28.9 Å². The SMILES string of the molecule is C[C@H](c1ccc(Cl)cc1Cl)n1cnc2ccc(N3CCN(C4CCC(F)(F)CC4)CC3)cc21. The van der Waals surface area contributed by atoms with Crippen LogP contribution in [0.3, 0.4) is 0 Å². The van der Waals surface area contributed by atoms with Crippen LogP contribution in [0.4, 0.5) is 14.5 Å². The molecule has 176 valence electrons. The van der Waals surface area contributed by atoms with E-state index in [1.807, 2.05) is 18.5 Å². The van der Waals surface area contributed by atoms with Crippen molar-refractivity contribution in [2.24, 2.45) is 0 Å². The van der Waals surface area contributed by atoms with E-state index in [1.54, 1.807) is 6.07 Å². The fourth-order valence-corrected chi connectivity index (χ4v) is 5.81. The van der Waals surface area contributed by atoms with Crippen molar-refractivity contribution in [2.45, 2.75) is 50.6 Å². The Bertz CT molecular complexity index is 1130. The van der Waals surface area contributed by atoms with E-state index in [4.69, 9.17) is 23.2 Å². The minimum atomic E-state index is -2.47. The Hall–Kier alpha value is -1.89. The van der Waals surface area contributed by atoms with Gasteiger partial charge >= 0.3 is 0 Å². The first-order valence-electron chi connectivity index (χ1n) is 11.6. The van der Waals surface area contributed by atoms with E-state index in [1.165, 1.54) is 0 Å². The number of piperazine rings is 1. The van der Waals surface area contributed by atoms with Gasteiger partial charge in [0, 0.05) is 60.8 Å². The van der Waals surface area contributed by atoms with Crippen LogP contribution in [0.15, 0.2) is 42.7 Å². The van der Waals surface area contributed by atoms with Gasteiger partial charge in [-0.3, -0.25) is 4.90 Å². The number of alkyl halides is 2. The van der Waals surface area contributed by atoms with E-state index >= 15 is 0 Å². The molecule has 4 nitrogen and oxygen atoms in total. The molecule has 2 aromatic carbocycles. The van der Waals surface area contributed by atoms with Crippen LogP contribution in [-0.4, -0.2) is 52.6 Å². The summed E-state index contributed by atoms with van der Waals surface area (Å²) in [6, 6.07) is 12.3. The second kappa shape index (κ2) is 9.05. The standard InChI is InChI=1S/C25H28Cl2F2N4/c1-17(21-4-2-18(26)14-22(21)27)33-16-30-23-5-3-20(15-24(23)33)32-12-10-31(11-13-32)19-6-8-25(28,29)9-7-19/h2-5,14-17,19H,6-13H2,1H3/t17-/m1/s1. The summed E-state index contributed by atoms with van der Waals surface area (Å²) < 4.78 is 29.2. The number of hydrogen-bond acceptors (Lipinski definition) is 3. The molecule has 2 heterocycles. The molecule has 1 aliphatic heterocycles. The lowest BCUT2D eigenvalue weighted by Crippen LogP contribution is -2.51. The molecule has 8 heteroatoms. The quantitative estimate of drug-likeness (QED) is 0.407. The van der Waals surface area contributed by atoms with E-state index in [2.05, 4.69) is 44.5 Å². The highest BCUT2D eigenvalue weighted by atomic mass is 35.5. The normalized spacial score (nSPS) is 20.9. The summed E-state index contributed by atoms with van der Waals surface area (Å²) in [7, 11) is 0. The molecule has 1 saturated carbocycles. The summed E-state index contributed by atoms with van der Waals surface area (Å²) >= 11 is 12.5. The number of halogens is 4. The molecule has 0 unspecified atom stereocenters. The van der Waals surface area contributed by atoms with E-state index in [9.17, 15) is 8.78 Å². The maximum Gasteiger partial charge on any atom is 0.248 e. The molecule has 2 aliphatic rings. The van der Waals surface area contributed by atoms with Gasteiger partial charge in [-0.1, -0.05) is 29.3 Å². The molecule has 0 N–H and O–H groups in total. The molecule has 1 saturated heterocycles. The van der Waals surface area contributed by atoms with Gasteiger partial charge in [0.15, 0.2) is 0 Å². The third kappa shape index (κ3) is 4.71.